The number of amides is 1. The van der Waals surface area contributed by atoms with Crippen LogP contribution in [0.2, 0.25) is 5.02 Å². The van der Waals surface area contributed by atoms with Crippen molar-refractivity contribution in [3.63, 3.8) is 0 Å². The smallest absolute Gasteiger partial charge is 0.362 e. The largest absolute Gasteiger partial charge is 0.410 e. The number of nitrogens with one attached hydrogen (secondary N) is 1. The molecule has 2 unspecified atom stereocenters. The van der Waals surface area contributed by atoms with Crippen molar-refractivity contribution in [2.45, 2.75) is 38.1 Å². The van der Waals surface area contributed by atoms with Crippen LogP contribution in [0.4, 0.5) is 19.0 Å². The van der Waals surface area contributed by atoms with Gasteiger partial charge in [0.1, 0.15) is 10.8 Å². The van der Waals surface area contributed by atoms with E-state index in [1.54, 1.807) is 19.2 Å². The van der Waals surface area contributed by atoms with E-state index >= 15 is 0 Å². The first-order valence-corrected chi connectivity index (χ1v) is 10.5. The predicted octanol–water partition coefficient (Wildman–Crippen LogP) is 5.78. The summed E-state index contributed by atoms with van der Waals surface area (Å²) in [5.41, 5.74) is 2.40. The Labute approximate surface area is 188 Å². The van der Waals surface area contributed by atoms with E-state index in [1.807, 2.05) is 49.4 Å². The molecule has 2 aromatic carbocycles. The molecule has 0 radical (unpaired) electrons. The number of fused-ring (bicyclic) bond motifs is 1. The maximum absolute atomic E-state index is 13.9. The van der Waals surface area contributed by atoms with Crippen molar-refractivity contribution in [2.75, 3.05) is 12.4 Å². The van der Waals surface area contributed by atoms with Crippen LogP contribution in [0.3, 0.4) is 0 Å². The number of aryl methyl sites for hydroxylation is 1. The number of rotatable bonds is 4. The minimum Gasteiger partial charge on any atom is -0.362 e. The van der Waals surface area contributed by atoms with Crippen LogP contribution >= 0.6 is 11.6 Å². The van der Waals surface area contributed by atoms with E-state index in [4.69, 9.17) is 11.6 Å². The molecule has 1 aromatic heterocycles. The summed E-state index contributed by atoms with van der Waals surface area (Å²) in [7, 11) is 1.56. The highest BCUT2D eigenvalue weighted by molar-refractivity contribution is 6.36. The fraction of sp³-hybridized carbons (Fsp3) is 0.304. The van der Waals surface area contributed by atoms with Crippen LogP contribution in [0.15, 0.2) is 54.6 Å². The van der Waals surface area contributed by atoms with E-state index in [1.165, 1.54) is 4.90 Å². The highest BCUT2D eigenvalue weighted by atomic mass is 35.5. The van der Waals surface area contributed by atoms with Gasteiger partial charge >= 0.3 is 6.18 Å². The van der Waals surface area contributed by atoms with Crippen molar-refractivity contribution >= 4 is 23.3 Å². The summed E-state index contributed by atoms with van der Waals surface area (Å²) in [5, 5.41) is 6.97. The van der Waals surface area contributed by atoms with Crippen LogP contribution < -0.4 is 5.32 Å². The number of aromatic nitrogens is 2. The van der Waals surface area contributed by atoms with Gasteiger partial charge in [-0.15, -0.1) is 0 Å². The summed E-state index contributed by atoms with van der Waals surface area (Å²) in [6.07, 6.45) is -4.81. The van der Waals surface area contributed by atoms with Crippen LogP contribution in [0.5, 0.6) is 0 Å². The zero-order valence-electron chi connectivity index (χ0n) is 17.5. The summed E-state index contributed by atoms with van der Waals surface area (Å²) in [4.78, 5) is 14.4. The first kappa shape index (κ1) is 22.2. The first-order valence-electron chi connectivity index (χ1n) is 10.1. The molecule has 0 saturated heterocycles. The molecule has 1 N–H and O–H groups in total. The Morgan fingerprint density at radius 2 is 1.84 bits per heavy atom. The first-order chi connectivity index (χ1) is 15.1. The maximum Gasteiger partial charge on any atom is 0.410 e. The second-order valence-corrected chi connectivity index (χ2v) is 8.38. The van der Waals surface area contributed by atoms with E-state index in [2.05, 4.69) is 10.4 Å². The van der Waals surface area contributed by atoms with Gasteiger partial charge in [0.05, 0.1) is 6.04 Å². The monoisotopic (exact) mass is 462 g/mol. The quantitative estimate of drug-likeness (QED) is 0.535. The normalized spacial score (nSPS) is 18.1. The topological polar surface area (TPSA) is 50.2 Å². The second kappa shape index (κ2) is 8.50. The van der Waals surface area contributed by atoms with E-state index in [0.717, 1.165) is 15.8 Å². The fourth-order valence-electron chi connectivity index (χ4n) is 3.85. The lowest BCUT2D eigenvalue weighted by atomic mass is 9.96. The molecule has 0 spiro atoms. The number of alkyl halides is 3. The summed E-state index contributed by atoms with van der Waals surface area (Å²) in [5.74, 6) is -0.544. The van der Waals surface area contributed by atoms with E-state index in [9.17, 15) is 18.0 Å². The zero-order chi connectivity index (χ0) is 23.0. The SMILES string of the molecule is Cc1ccc(C2CC(C(F)(F)F)n3nc(C(=O)N(C)Cc4ccccc4)c(Cl)c3N2)cc1. The van der Waals surface area contributed by atoms with Gasteiger partial charge in [-0.2, -0.15) is 18.3 Å². The predicted molar refractivity (Wildman–Crippen MR) is 117 cm³/mol. The molecule has 32 heavy (non-hydrogen) atoms. The average molecular weight is 463 g/mol. The molecule has 0 saturated carbocycles. The maximum atomic E-state index is 13.9. The summed E-state index contributed by atoms with van der Waals surface area (Å²) >= 11 is 6.42. The van der Waals surface area contributed by atoms with Crippen molar-refractivity contribution in [2.24, 2.45) is 0 Å². The minimum atomic E-state index is -4.55. The lowest BCUT2D eigenvalue weighted by Crippen LogP contribution is -2.36. The van der Waals surface area contributed by atoms with Gasteiger partial charge in [-0.25, -0.2) is 4.68 Å². The highest BCUT2D eigenvalue weighted by Crippen LogP contribution is 2.46. The van der Waals surface area contributed by atoms with Crippen LogP contribution in [0.25, 0.3) is 0 Å². The molecule has 1 aliphatic heterocycles. The number of hydrogen-bond donors (Lipinski definition) is 1. The van der Waals surface area contributed by atoms with Gasteiger partial charge in [-0.1, -0.05) is 71.8 Å². The second-order valence-electron chi connectivity index (χ2n) is 8.00. The molecule has 1 amide bonds. The molecule has 4 rings (SSSR count). The average Bonchev–Trinajstić information content (AvgIpc) is 3.09. The molecule has 2 heterocycles. The van der Waals surface area contributed by atoms with E-state index < -0.39 is 24.2 Å². The number of hydrogen-bond acceptors (Lipinski definition) is 3. The lowest BCUT2D eigenvalue weighted by Gasteiger charge is -2.33. The highest BCUT2D eigenvalue weighted by Gasteiger charge is 2.48. The summed E-state index contributed by atoms with van der Waals surface area (Å²) in [6.45, 7) is 2.19. The number of nitrogens with zero attached hydrogens (tertiary/aromatic N) is 3. The Balaban J connectivity index is 1.67. The van der Waals surface area contributed by atoms with E-state index in [0.29, 0.717) is 5.56 Å². The molecule has 3 aromatic rings. The fourth-order valence-corrected chi connectivity index (χ4v) is 4.11. The van der Waals surface area contributed by atoms with Crippen molar-refractivity contribution in [3.05, 3.63) is 82.0 Å². The number of anilines is 1. The van der Waals surface area contributed by atoms with Gasteiger partial charge in [-0.05, 0) is 18.1 Å². The summed E-state index contributed by atoms with van der Waals surface area (Å²) in [6, 6.07) is 14.0. The van der Waals surface area contributed by atoms with Gasteiger partial charge in [0.2, 0.25) is 0 Å². The Morgan fingerprint density at radius 1 is 1.19 bits per heavy atom. The molecule has 2 atom stereocenters. The number of benzene rings is 2. The molecular formula is C23H22ClF3N4O. The van der Waals surface area contributed by atoms with Crippen molar-refractivity contribution < 1.29 is 18.0 Å². The molecule has 168 valence electrons. The van der Waals surface area contributed by atoms with Crippen molar-refractivity contribution in [1.29, 1.82) is 0 Å². The number of halogens is 4. The third-order valence-electron chi connectivity index (χ3n) is 5.59. The number of carbonyl (C=O) groups is 1. The van der Waals surface area contributed by atoms with Gasteiger partial charge < -0.3 is 10.2 Å². The van der Waals surface area contributed by atoms with E-state index in [-0.39, 0.29) is 29.5 Å². The molecule has 0 fully saturated rings. The Hall–Kier alpha value is -3.00. The zero-order valence-corrected chi connectivity index (χ0v) is 18.3. The van der Waals surface area contributed by atoms with Gasteiger partial charge in [0.15, 0.2) is 11.7 Å². The van der Waals surface area contributed by atoms with Crippen LogP contribution in [0, 0.1) is 6.92 Å². The Kier molecular flexibility index (Phi) is 5.90. The van der Waals surface area contributed by atoms with Crippen LogP contribution in [-0.4, -0.2) is 33.8 Å². The minimum absolute atomic E-state index is 0.00211. The number of carbonyl (C=O) groups excluding carboxylic acids is 1. The van der Waals surface area contributed by atoms with Crippen molar-refractivity contribution in [3.8, 4) is 0 Å². The molecule has 9 heteroatoms. The van der Waals surface area contributed by atoms with Crippen LogP contribution in [0.1, 0.15) is 45.7 Å². The standard InChI is InChI=1S/C23H22ClF3N4O/c1-14-8-10-16(11-9-14)17-12-18(23(25,26)27)31-21(28-17)19(24)20(29-31)22(32)30(2)13-15-6-4-3-5-7-15/h3-11,17-18,28H,12-13H2,1-2H3. The molecule has 5 nitrogen and oxygen atoms in total. The van der Waals surface area contributed by atoms with Crippen LogP contribution in [-0.2, 0) is 6.54 Å². The van der Waals surface area contributed by atoms with Gasteiger partial charge in [-0.3, -0.25) is 4.79 Å². The molecule has 0 bridgehead atoms. The molecular weight excluding hydrogens is 441 g/mol. The molecule has 0 aliphatic carbocycles. The van der Waals surface area contributed by atoms with Gasteiger partial charge in [0, 0.05) is 20.0 Å². The third kappa shape index (κ3) is 4.32. The molecule has 1 aliphatic rings. The lowest BCUT2D eigenvalue weighted by molar-refractivity contribution is -0.173. The van der Waals surface area contributed by atoms with Gasteiger partial charge in [0.25, 0.3) is 5.91 Å². The van der Waals surface area contributed by atoms with Crippen molar-refractivity contribution in [1.82, 2.24) is 14.7 Å². The Morgan fingerprint density at radius 3 is 2.47 bits per heavy atom. The summed E-state index contributed by atoms with van der Waals surface area (Å²) < 4.78 is 42.6. The third-order valence-corrected chi connectivity index (χ3v) is 5.95. The Bertz CT molecular complexity index is 1110.